The van der Waals surface area contributed by atoms with Gasteiger partial charge in [0.2, 0.25) is 0 Å². The molecule has 0 atom stereocenters. The first kappa shape index (κ1) is 60.3. The van der Waals surface area contributed by atoms with Crippen molar-refractivity contribution in [2.24, 2.45) is 11.5 Å². The molecule has 2 fully saturated rings. The van der Waals surface area contributed by atoms with Gasteiger partial charge in [-0.05, 0) is 155 Å². The summed E-state index contributed by atoms with van der Waals surface area (Å²) in [6, 6.07) is 28.4. The molecule has 2 aliphatic rings. The number of fused-ring (bicyclic) bond motifs is 3. The van der Waals surface area contributed by atoms with E-state index in [-0.39, 0.29) is 55.7 Å². The SMILES string of the molecule is COc1ccc(-c2ccc3nc(Cl)cc(=O)n3c2)cc1F.COc1ccc(-c2ccc3nc(N4CCC(N)CC4)cc(=O)n3c2)cc1F.COc1ccc(B(O)O)cc1F.NC1CCNCC1.O=c1cc(Cl)nc2ccc(Br)cn12. The second-order valence-corrected chi connectivity index (χ2v) is 19.7. The molecule has 3 aromatic carbocycles. The van der Waals surface area contributed by atoms with E-state index in [2.05, 4.69) is 45.8 Å². The van der Waals surface area contributed by atoms with E-state index in [1.807, 2.05) is 6.07 Å². The van der Waals surface area contributed by atoms with Crippen molar-refractivity contribution >= 4 is 74.5 Å². The van der Waals surface area contributed by atoms with Crippen molar-refractivity contribution in [3.8, 4) is 39.5 Å². The molecule has 6 aromatic heterocycles. The van der Waals surface area contributed by atoms with Crippen LogP contribution >= 0.6 is 39.1 Å². The lowest BCUT2D eigenvalue weighted by Crippen LogP contribution is -2.40. The lowest BCUT2D eigenvalue weighted by molar-refractivity contribution is 0.386. The molecule has 0 amide bonds. The molecule has 11 rings (SSSR count). The van der Waals surface area contributed by atoms with Crippen molar-refractivity contribution in [1.29, 1.82) is 0 Å². The fourth-order valence-corrected chi connectivity index (χ4v) is 8.92. The summed E-state index contributed by atoms with van der Waals surface area (Å²) in [4.78, 5) is 50.6. The van der Waals surface area contributed by atoms with Crippen LogP contribution in [0, 0.1) is 17.5 Å². The molecule has 0 aliphatic carbocycles. The monoisotopic (exact) mass is 1200 g/mol. The highest BCUT2D eigenvalue weighted by atomic mass is 79.9. The molecule has 2 saturated heterocycles. The minimum atomic E-state index is -1.65. The number of anilines is 1. The Morgan fingerprint density at radius 3 is 1.41 bits per heavy atom. The molecule has 0 bridgehead atoms. The third-order valence-electron chi connectivity index (χ3n) is 12.6. The van der Waals surface area contributed by atoms with Gasteiger partial charge in [0.05, 0.1) is 21.3 Å². The van der Waals surface area contributed by atoms with E-state index >= 15 is 0 Å². The zero-order valence-electron chi connectivity index (χ0n) is 43.4. The number of hydrogen-bond donors (Lipinski definition) is 5. The maximum absolute atomic E-state index is 14.0. The van der Waals surface area contributed by atoms with Crippen molar-refractivity contribution in [3.05, 3.63) is 191 Å². The Bertz CT molecular complexity index is 3790. The van der Waals surface area contributed by atoms with E-state index < -0.39 is 24.6 Å². The number of nitrogens with one attached hydrogen (secondary N) is 1. The Morgan fingerprint density at radius 2 is 0.975 bits per heavy atom. The zero-order chi connectivity index (χ0) is 57.6. The summed E-state index contributed by atoms with van der Waals surface area (Å²) in [5.41, 5.74) is 15.3. The number of halogens is 6. The van der Waals surface area contributed by atoms with Crippen molar-refractivity contribution in [2.75, 3.05) is 52.4 Å². The Labute approximate surface area is 475 Å². The average molecular weight is 1200 g/mol. The Kier molecular flexibility index (Phi) is 21.2. The third kappa shape index (κ3) is 15.9. The van der Waals surface area contributed by atoms with Crippen molar-refractivity contribution in [3.63, 3.8) is 0 Å². The van der Waals surface area contributed by atoms with E-state index in [1.54, 1.807) is 73.2 Å². The van der Waals surface area contributed by atoms with Crippen LogP contribution in [0.25, 0.3) is 39.2 Å². The van der Waals surface area contributed by atoms with Crippen molar-refractivity contribution in [2.45, 2.75) is 37.8 Å². The number of nitrogens with zero attached hydrogens (tertiary/aromatic N) is 7. The number of pyridine rings is 3. The van der Waals surface area contributed by atoms with Crippen LogP contribution in [0.2, 0.25) is 10.3 Å². The summed E-state index contributed by atoms with van der Waals surface area (Å²) >= 11 is 14.6. The van der Waals surface area contributed by atoms with Crippen LogP contribution in [0.15, 0.2) is 147 Å². The smallest absolute Gasteiger partial charge is 0.488 e. The van der Waals surface area contributed by atoms with Gasteiger partial charge in [-0.2, -0.15) is 0 Å². The van der Waals surface area contributed by atoms with Gasteiger partial charge in [-0.25, -0.2) is 28.1 Å². The Hall–Kier alpha value is -7.35. The predicted molar refractivity (Wildman–Crippen MR) is 308 cm³/mol. The summed E-state index contributed by atoms with van der Waals surface area (Å²) in [5.74, 6) is -0.400. The minimum Gasteiger partial charge on any atom is -0.494 e. The maximum Gasteiger partial charge on any atom is 0.488 e. The molecule has 0 spiro atoms. The van der Waals surface area contributed by atoms with Gasteiger partial charge in [-0.15, -0.1) is 0 Å². The van der Waals surface area contributed by atoms with Crippen LogP contribution in [0.5, 0.6) is 17.2 Å². The number of methoxy groups -OCH3 is 3. The second kappa shape index (κ2) is 28.2. The minimum absolute atomic E-state index is 0.0828. The van der Waals surface area contributed by atoms with E-state index in [9.17, 15) is 27.6 Å². The highest BCUT2D eigenvalue weighted by molar-refractivity contribution is 9.10. The topological polar surface area (TPSA) is 239 Å². The maximum atomic E-state index is 14.0. The number of piperidine rings is 2. The second-order valence-electron chi connectivity index (χ2n) is 18.0. The van der Waals surface area contributed by atoms with Gasteiger partial charge in [0.1, 0.15) is 33.1 Å². The molecule has 9 aromatic rings. The quantitative estimate of drug-likeness (QED) is 0.0804. The van der Waals surface area contributed by atoms with Crippen molar-refractivity contribution in [1.82, 2.24) is 33.5 Å². The molecule has 7 N–H and O–H groups in total. The number of rotatable bonds is 7. The molecule has 0 unspecified atom stereocenters. The molecule has 8 heterocycles. The molecular weight excluding hydrogens is 1150 g/mol. The molecule has 2 aliphatic heterocycles. The van der Waals surface area contributed by atoms with Gasteiger partial charge < -0.3 is 45.9 Å². The van der Waals surface area contributed by atoms with Crippen LogP contribution < -0.4 is 58.0 Å². The first-order valence-corrected chi connectivity index (χ1v) is 26.3. The number of nitrogens with two attached hydrogens (primary N) is 2. The van der Waals surface area contributed by atoms with E-state index in [0.717, 1.165) is 68.0 Å². The number of benzene rings is 3. The summed E-state index contributed by atoms with van der Waals surface area (Å²) in [6.07, 6.45) is 9.02. The first-order chi connectivity index (χ1) is 38.3. The lowest BCUT2D eigenvalue weighted by atomic mass is 9.80. The van der Waals surface area contributed by atoms with Crippen LogP contribution in [0.1, 0.15) is 25.7 Å². The number of hydrogen-bond acceptors (Lipinski definition) is 15. The summed E-state index contributed by atoms with van der Waals surface area (Å²) < 4.78 is 60.2. The van der Waals surface area contributed by atoms with Crippen LogP contribution in [0.4, 0.5) is 19.0 Å². The fraction of sp³-hybridized carbons (Fsp3) is 0.236. The predicted octanol–water partition coefficient (Wildman–Crippen LogP) is 6.92. The van der Waals surface area contributed by atoms with E-state index in [0.29, 0.717) is 45.5 Å². The zero-order valence-corrected chi connectivity index (χ0v) is 46.5. The molecule has 18 nitrogen and oxygen atoms in total. The van der Waals surface area contributed by atoms with Crippen molar-refractivity contribution < 1.29 is 37.4 Å². The van der Waals surface area contributed by atoms with Gasteiger partial charge >= 0.3 is 7.12 Å². The van der Waals surface area contributed by atoms with Gasteiger partial charge in [-0.3, -0.25) is 27.6 Å². The summed E-state index contributed by atoms with van der Waals surface area (Å²) in [5, 5.41) is 20.9. The highest BCUT2D eigenvalue weighted by Gasteiger charge is 2.19. The van der Waals surface area contributed by atoms with Crippen LogP contribution in [-0.4, -0.2) is 105 Å². The largest absolute Gasteiger partial charge is 0.494 e. The Balaban J connectivity index is 0.000000154. The fourth-order valence-electron chi connectivity index (χ4n) is 8.22. The molecule has 418 valence electrons. The standard InChI is InChI=1S/C20H21FN4O2.C15H10ClFN2O2.C8H4BrClN2O.C7H8BFO3.C5H12N2/c1-27-17-4-2-13(10-16(17)21)14-3-5-18-23-19(11-20(26)25(18)12-14)24-8-6-15(22)7-9-24;1-21-12-4-2-9(6-11(12)17)10-3-5-14-18-13(16)7-15(20)19(14)8-10;9-5-1-2-7-11-6(10)3-8(13)12(7)4-5;1-12-7-3-2-5(8(10)11)4-6(7)9;6-5-1-3-7-4-2-5/h2-5,10-12,15H,6-9,22H2,1H3;2-8H,1H3;1-4H;2-4,10-11H,1H3;5,7H,1-4,6H2. The van der Waals surface area contributed by atoms with E-state index in [4.69, 9.17) is 54.2 Å². The normalized spacial score (nSPS) is 13.4. The summed E-state index contributed by atoms with van der Waals surface area (Å²) in [7, 11) is 2.52. The molecule has 80 heavy (non-hydrogen) atoms. The third-order valence-corrected chi connectivity index (χ3v) is 13.4. The number of ether oxygens (including phenoxy) is 3. The average Bonchev–Trinajstić information content (AvgIpc) is 3.47. The molecular formula is C55H55BBrCl2F3N10O8. The van der Waals surface area contributed by atoms with Gasteiger partial charge in [-0.1, -0.05) is 41.4 Å². The Morgan fingerprint density at radius 1 is 0.562 bits per heavy atom. The van der Waals surface area contributed by atoms with Gasteiger partial charge in [0.25, 0.3) is 16.7 Å². The van der Waals surface area contributed by atoms with Gasteiger partial charge in [0, 0.05) is 66.4 Å². The van der Waals surface area contributed by atoms with E-state index in [1.165, 1.54) is 77.0 Å². The molecule has 0 radical (unpaired) electrons. The highest BCUT2D eigenvalue weighted by Crippen LogP contribution is 2.28. The summed E-state index contributed by atoms with van der Waals surface area (Å²) in [6.45, 7) is 3.82. The molecule has 0 saturated carbocycles. The van der Waals surface area contributed by atoms with Crippen LogP contribution in [0.3, 0.4) is 0 Å². The first-order valence-electron chi connectivity index (χ1n) is 24.8. The van der Waals surface area contributed by atoms with Gasteiger partial charge in [0.15, 0.2) is 34.7 Å². The van der Waals surface area contributed by atoms with Crippen LogP contribution in [-0.2, 0) is 0 Å². The lowest BCUT2D eigenvalue weighted by Gasteiger charge is -2.31. The number of aromatic nitrogens is 6. The molecule has 25 heteroatoms.